The monoisotopic (exact) mass is 465 g/mol. The van der Waals surface area contributed by atoms with Gasteiger partial charge in [0, 0.05) is 54.6 Å². The normalized spacial score (nSPS) is 12.0. The van der Waals surface area contributed by atoms with Crippen LogP contribution in [-0.4, -0.2) is 14.0 Å². The molecule has 4 heteroatoms. The van der Waals surface area contributed by atoms with E-state index in [9.17, 15) is 0 Å². The number of imidazole rings is 1. The summed E-state index contributed by atoms with van der Waals surface area (Å²) in [4.78, 5) is 4.80. The predicted molar refractivity (Wildman–Crippen MR) is 148 cm³/mol. The van der Waals surface area contributed by atoms with Gasteiger partial charge in [0.25, 0.3) is 0 Å². The van der Waals surface area contributed by atoms with Crippen molar-refractivity contribution in [2.45, 2.75) is 0 Å². The minimum absolute atomic E-state index is 0.959. The molecule has 0 aliphatic carbocycles. The molecule has 0 atom stereocenters. The summed E-state index contributed by atoms with van der Waals surface area (Å²) in [5.41, 5.74) is 6.72. The molecule has 0 bridgehead atoms. The molecule has 0 unspecified atom stereocenters. The summed E-state index contributed by atoms with van der Waals surface area (Å²) in [6.45, 7) is 0. The van der Waals surface area contributed by atoms with Crippen LogP contribution in [0.15, 0.2) is 116 Å². The topological polar surface area (TPSA) is 22.2 Å². The van der Waals surface area contributed by atoms with Crippen molar-refractivity contribution in [2.24, 2.45) is 0 Å². The number of para-hydroxylation sites is 1. The summed E-state index contributed by atoms with van der Waals surface area (Å²) >= 11 is 1.87. The Morgan fingerprint density at radius 2 is 1.43 bits per heavy atom. The highest BCUT2D eigenvalue weighted by molar-refractivity contribution is 7.26. The lowest BCUT2D eigenvalue weighted by atomic mass is 10.1. The van der Waals surface area contributed by atoms with Crippen LogP contribution in [0.1, 0.15) is 0 Å². The van der Waals surface area contributed by atoms with Gasteiger partial charge in [-0.3, -0.25) is 0 Å². The number of aromatic nitrogens is 3. The predicted octanol–water partition coefficient (Wildman–Crippen LogP) is 8.47. The number of rotatable bonds is 2. The van der Waals surface area contributed by atoms with E-state index >= 15 is 0 Å². The number of pyridine rings is 1. The number of thiophene rings is 1. The second-order valence-electron chi connectivity index (χ2n) is 8.92. The maximum absolute atomic E-state index is 4.80. The molecule has 0 N–H and O–H groups in total. The highest BCUT2D eigenvalue weighted by Crippen LogP contribution is 2.42. The zero-order valence-electron chi connectivity index (χ0n) is 18.7. The Morgan fingerprint density at radius 3 is 2.31 bits per heavy atom. The fourth-order valence-electron chi connectivity index (χ4n) is 5.39. The second kappa shape index (κ2) is 7.05. The van der Waals surface area contributed by atoms with Crippen LogP contribution in [0.25, 0.3) is 64.6 Å². The summed E-state index contributed by atoms with van der Waals surface area (Å²) in [7, 11) is 0. The summed E-state index contributed by atoms with van der Waals surface area (Å²) in [6, 6.07) is 36.9. The molecular formula is C31H19N3S. The first-order valence-electron chi connectivity index (χ1n) is 11.7. The van der Waals surface area contributed by atoms with E-state index < -0.39 is 0 Å². The van der Waals surface area contributed by atoms with Crippen LogP contribution in [0, 0.1) is 0 Å². The van der Waals surface area contributed by atoms with Crippen LogP contribution in [0.2, 0.25) is 0 Å². The smallest absolute Gasteiger partial charge is 0.137 e. The number of hydrogen-bond donors (Lipinski definition) is 0. The molecule has 8 rings (SSSR count). The average Bonchev–Trinajstić information content (AvgIpc) is 3.60. The summed E-state index contributed by atoms with van der Waals surface area (Å²) < 4.78 is 7.15. The lowest BCUT2D eigenvalue weighted by Gasteiger charge is -2.10. The van der Waals surface area contributed by atoms with Crippen LogP contribution >= 0.6 is 11.3 Å². The summed E-state index contributed by atoms with van der Waals surface area (Å²) in [5.74, 6) is 0. The van der Waals surface area contributed by atoms with Crippen LogP contribution in [0.3, 0.4) is 0 Å². The maximum Gasteiger partial charge on any atom is 0.137 e. The van der Waals surface area contributed by atoms with Gasteiger partial charge in [-0.1, -0.05) is 60.7 Å². The quantitative estimate of drug-likeness (QED) is 0.251. The third-order valence-corrected chi connectivity index (χ3v) is 8.10. The van der Waals surface area contributed by atoms with E-state index in [1.165, 1.54) is 42.0 Å². The van der Waals surface area contributed by atoms with Crippen molar-refractivity contribution < 1.29 is 0 Å². The first kappa shape index (κ1) is 19.0. The molecule has 0 radical (unpaired) electrons. The molecule has 4 aromatic heterocycles. The summed E-state index contributed by atoms with van der Waals surface area (Å²) in [6.07, 6.45) is 4.13. The van der Waals surface area contributed by atoms with Gasteiger partial charge >= 0.3 is 0 Å². The van der Waals surface area contributed by atoms with E-state index in [0.717, 1.165) is 22.6 Å². The highest BCUT2D eigenvalue weighted by Gasteiger charge is 2.17. The minimum atomic E-state index is 0.959. The largest absolute Gasteiger partial charge is 0.309 e. The Balaban J connectivity index is 1.41. The molecule has 8 aromatic rings. The lowest BCUT2D eigenvalue weighted by Crippen LogP contribution is -1.94. The van der Waals surface area contributed by atoms with Crippen LogP contribution in [0.5, 0.6) is 0 Å². The van der Waals surface area contributed by atoms with E-state index in [1.54, 1.807) is 0 Å². The van der Waals surface area contributed by atoms with Gasteiger partial charge in [0.2, 0.25) is 0 Å². The van der Waals surface area contributed by atoms with Crippen molar-refractivity contribution in [3.8, 4) is 16.9 Å². The van der Waals surface area contributed by atoms with Crippen molar-refractivity contribution >= 4 is 59.0 Å². The molecule has 35 heavy (non-hydrogen) atoms. The molecule has 0 aliphatic rings. The first-order valence-corrected chi connectivity index (χ1v) is 12.5. The molecule has 4 heterocycles. The first-order chi connectivity index (χ1) is 17.3. The van der Waals surface area contributed by atoms with E-state index in [2.05, 4.69) is 100 Å². The molecule has 0 saturated heterocycles. The molecule has 0 saturated carbocycles. The van der Waals surface area contributed by atoms with E-state index in [0.29, 0.717) is 0 Å². The summed E-state index contributed by atoms with van der Waals surface area (Å²) in [5, 5.41) is 5.23. The third-order valence-electron chi connectivity index (χ3n) is 6.96. The van der Waals surface area contributed by atoms with Crippen molar-refractivity contribution in [3.05, 3.63) is 116 Å². The number of nitrogens with zero attached hydrogens (tertiary/aromatic N) is 3. The molecule has 0 fully saturated rings. The lowest BCUT2D eigenvalue weighted by molar-refractivity contribution is 1.18. The van der Waals surface area contributed by atoms with Gasteiger partial charge in [-0.25, -0.2) is 4.98 Å². The minimum Gasteiger partial charge on any atom is -0.309 e. The van der Waals surface area contributed by atoms with Gasteiger partial charge < -0.3 is 8.97 Å². The number of hydrogen-bond acceptors (Lipinski definition) is 2. The zero-order chi connectivity index (χ0) is 22.9. The fraction of sp³-hybridized carbons (Fsp3) is 0. The van der Waals surface area contributed by atoms with E-state index in [-0.39, 0.29) is 0 Å². The Bertz CT molecular complexity index is 2020. The van der Waals surface area contributed by atoms with E-state index in [4.69, 9.17) is 4.98 Å². The van der Waals surface area contributed by atoms with Crippen LogP contribution in [0.4, 0.5) is 0 Å². The number of benzene rings is 4. The second-order valence-corrected chi connectivity index (χ2v) is 10.0. The van der Waals surface area contributed by atoms with Gasteiger partial charge in [-0.2, -0.15) is 0 Å². The maximum atomic E-state index is 4.80. The van der Waals surface area contributed by atoms with E-state index in [1.807, 2.05) is 35.7 Å². The Kier molecular flexibility index (Phi) is 3.82. The van der Waals surface area contributed by atoms with Gasteiger partial charge in [0.05, 0.1) is 16.7 Å². The van der Waals surface area contributed by atoms with Gasteiger partial charge in [0.15, 0.2) is 0 Å². The molecule has 0 spiro atoms. The zero-order valence-corrected chi connectivity index (χ0v) is 19.5. The van der Waals surface area contributed by atoms with Gasteiger partial charge in [0.1, 0.15) is 5.65 Å². The molecule has 3 nitrogen and oxygen atoms in total. The Labute approximate surface area is 205 Å². The van der Waals surface area contributed by atoms with Crippen LogP contribution < -0.4 is 0 Å². The molecule has 0 aliphatic heterocycles. The SMILES string of the molecule is c1ccc2c(c1)sc1ccc3c4ccccc4n(-c4ccc(-c5cn6ccccc6n5)cc4)c3c12. The third kappa shape index (κ3) is 2.69. The highest BCUT2D eigenvalue weighted by atomic mass is 32.1. The Hall–Kier alpha value is -4.41. The van der Waals surface area contributed by atoms with Crippen LogP contribution in [-0.2, 0) is 0 Å². The Morgan fingerprint density at radius 1 is 0.629 bits per heavy atom. The number of fused-ring (bicyclic) bond motifs is 8. The van der Waals surface area contributed by atoms with Crippen molar-refractivity contribution in [2.75, 3.05) is 0 Å². The molecule has 164 valence electrons. The van der Waals surface area contributed by atoms with Crippen molar-refractivity contribution in [1.82, 2.24) is 14.0 Å². The molecular weight excluding hydrogens is 446 g/mol. The molecule has 0 amide bonds. The van der Waals surface area contributed by atoms with Crippen molar-refractivity contribution in [1.29, 1.82) is 0 Å². The van der Waals surface area contributed by atoms with Gasteiger partial charge in [-0.15, -0.1) is 11.3 Å². The average molecular weight is 466 g/mol. The van der Waals surface area contributed by atoms with Gasteiger partial charge in [-0.05, 0) is 42.5 Å². The standard InChI is InChI=1S/C31H19N3S/c1-3-9-26-22(7-1)23-16-17-28-30(24-8-2-4-10-27(24)35-28)31(23)34(26)21-14-12-20(13-15-21)25-19-33-18-6-5-11-29(33)32-25/h1-19H. The molecule has 4 aromatic carbocycles. The van der Waals surface area contributed by atoms with Crippen molar-refractivity contribution in [3.63, 3.8) is 0 Å². The fourth-order valence-corrected chi connectivity index (χ4v) is 6.50.